The van der Waals surface area contributed by atoms with Crippen LogP contribution >= 0.6 is 39.3 Å². The Morgan fingerprint density at radius 2 is 1.86 bits per heavy atom. The maximum absolute atomic E-state index is 12.8. The Bertz CT molecular complexity index is 1010. The number of ether oxygens (including phenoxy) is 1. The second-order valence-electron chi connectivity index (χ2n) is 7.26. The van der Waals surface area contributed by atoms with Crippen molar-refractivity contribution in [1.82, 2.24) is 9.78 Å². The average Bonchev–Trinajstić information content (AvgIpc) is 2.93. The number of nitrogens with zero attached hydrogens (tertiary/aromatic N) is 2. The van der Waals surface area contributed by atoms with Gasteiger partial charge in [0.1, 0.15) is 0 Å². The first-order valence-electron chi connectivity index (χ1n) is 8.66. The molecule has 1 heterocycles. The lowest BCUT2D eigenvalue weighted by Crippen LogP contribution is -2.25. The van der Waals surface area contributed by atoms with Gasteiger partial charge >= 0.3 is 5.97 Å². The fourth-order valence-corrected chi connectivity index (χ4v) is 3.97. The van der Waals surface area contributed by atoms with E-state index in [1.165, 1.54) is 11.8 Å². The summed E-state index contributed by atoms with van der Waals surface area (Å²) >= 11 is 10.9. The Balaban J connectivity index is 2.01. The molecular weight excluding hydrogens is 460 g/mol. The van der Waals surface area contributed by atoms with Crippen LogP contribution in [-0.4, -0.2) is 15.7 Å². The minimum absolute atomic E-state index is 0.351. The van der Waals surface area contributed by atoms with E-state index in [0.29, 0.717) is 16.5 Å². The number of aromatic nitrogens is 2. The van der Waals surface area contributed by atoms with E-state index in [-0.39, 0.29) is 5.54 Å². The molecule has 0 aliphatic carbocycles. The lowest BCUT2D eigenvalue weighted by Gasteiger charge is -2.22. The van der Waals surface area contributed by atoms with Crippen LogP contribution in [0.5, 0.6) is 5.88 Å². The maximum atomic E-state index is 12.8. The summed E-state index contributed by atoms with van der Waals surface area (Å²) < 4.78 is 8.43. The fraction of sp³-hybridized carbons (Fsp3) is 0.238. The Hall–Kier alpha value is -1.76. The predicted molar refractivity (Wildman–Crippen MR) is 117 cm³/mol. The molecule has 28 heavy (non-hydrogen) atoms. The monoisotopic (exact) mass is 478 g/mol. The van der Waals surface area contributed by atoms with Crippen molar-refractivity contribution in [2.45, 2.75) is 43.0 Å². The van der Waals surface area contributed by atoms with Crippen molar-refractivity contribution < 1.29 is 9.53 Å². The molecule has 0 saturated heterocycles. The summed E-state index contributed by atoms with van der Waals surface area (Å²) in [7, 11) is 0. The van der Waals surface area contributed by atoms with Crippen molar-refractivity contribution in [3.05, 3.63) is 69.3 Å². The van der Waals surface area contributed by atoms with E-state index in [1.807, 2.05) is 58.0 Å². The molecule has 0 fully saturated rings. The molecular formula is C21H20BrClN2O2S. The van der Waals surface area contributed by atoms with Crippen molar-refractivity contribution in [1.29, 1.82) is 0 Å². The van der Waals surface area contributed by atoms with Crippen molar-refractivity contribution in [2.24, 2.45) is 0 Å². The molecule has 4 nitrogen and oxygen atoms in total. The molecule has 0 aliphatic heterocycles. The molecule has 0 spiro atoms. The zero-order valence-electron chi connectivity index (χ0n) is 16.0. The van der Waals surface area contributed by atoms with E-state index in [0.717, 1.165) is 20.0 Å². The normalized spacial score (nSPS) is 11.5. The van der Waals surface area contributed by atoms with E-state index >= 15 is 0 Å². The van der Waals surface area contributed by atoms with E-state index in [4.69, 9.17) is 16.3 Å². The third-order valence-electron chi connectivity index (χ3n) is 3.88. The zero-order valence-corrected chi connectivity index (χ0v) is 19.2. The minimum atomic E-state index is -0.426. The predicted octanol–water partition coefficient (Wildman–Crippen LogP) is 6.73. The van der Waals surface area contributed by atoms with Crippen molar-refractivity contribution in [3.8, 4) is 5.88 Å². The van der Waals surface area contributed by atoms with E-state index < -0.39 is 5.97 Å². The largest absolute Gasteiger partial charge is 0.403 e. The highest BCUT2D eigenvalue weighted by atomic mass is 79.9. The highest BCUT2D eigenvalue weighted by Gasteiger charge is 2.27. The number of hydrogen-bond donors (Lipinski definition) is 0. The Kier molecular flexibility index (Phi) is 6.22. The van der Waals surface area contributed by atoms with Crippen molar-refractivity contribution in [3.63, 3.8) is 0 Å². The van der Waals surface area contributed by atoms with Crippen LogP contribution in [0.25, 0.3) is 0 Å². The molecule has 0 N–H and O–H groups in total. The van der Waals surface area contributed by atoms with Gasteiger partial charge in [0.2, 0.25) is 5.88 Å². The Labute approximate surface area is 182 Å². The molecule has 2 aromatic carbocycles. The summed E-state index contributed by atoms with van der Waals surface area (Å²) in [6, 6.07) is 14.7. The highest BCUT2D eigenvalue weighted by molar-refractivity contribution is 9.10. The second-order valence-corrected chi connectivity index (χ2v) is 9.69. The smallest absolute Gasteiger partial charge is 0.344 e. The van der Waals surface area contributed by atoms with Gasteiger partial charge in [0.05, 0.1) is 21.7 Å². The molecule has 146 valence electrons. The van der Waals surface area contributed by atoms with Gasteiger partial charge in [0.15, 0.2) is 0 Å². The van der Waals surface area contributed by atoms with Gasteiger partial charge in [-0.05, 0) is 70.2 Å². The van der Waals surface area contributed by atoms with Gasteiger partial charge in [-0.25, -0.2) is 9.48 Å². The van der Waals surface area contributed by atoms with Crippen LogP contribution in [0.15, 0.2) is 62.8 Å². The SMILES string of the molecule is Cc1nn(C(C)(C)C)c(OC(=O)c2cccc(Br)c2)c1Sc1ccc(Cl)cc1. The van der Waals surface area contributed by atoms with Crippen molar-refractivity contribution in [2.75, 3.05) is 0 Å². The first-order chi connectivity index (χ1) is 13.1. The lowest BCUT2D eigenvalue weighted by atomic mass is 10.1. The average molecular weight is 480 g/mol. The molecule has 0 aliphatic rings. The second kappa shape index (κ2) is 8.31. The third-order valence-corrected chi connectivity index (χ3v) is 5.81. The van der Waals surface area contributed by atoms with Gasteiger partial charge in [0, 0.05) is 14.4 Å². The van der Waals surface area contributed by atoms with Gasteiger partial charge in [0.25, 0.3) is 0 Å². The first-order valence-corrected chi connectivity index (χ1v) is 10.6. The number of rotatable bonds is 4. The topological polar surface area (TPSA) is 44.1 Å². The molecule has 0 atom stereocenters. The molecule has 0 unspecified atom stereocenters. The lowest BCUT2D eigenvalue weighted by molar-refractivity contribution is 0.0704. The molecule has 0 amide bonds. The maximum Gasteiger partial charge on any atom is 0.344 e. The quantitative estimate of drug-likeness (QED) is 0.389. The number of carbonyl (C=O) groups excluding carboxylic acids is 1. The molecule has 0 bridgehead atoms. The van der Waals surface area contributed by atoms with Gasteiger partial charge in [-0.3, -0.25) is 0 Å². The standard InChI is InChI=1S/C21H20BrClN2O2S/c1-13-18(28-17-10-8-16(23)9-11-17)19(25(24-13)21(2,3)4)27-20(26)14-6-5-7-15(22)12-14/h5-12H,1-4H3. The van der Waals surface area contributed by atoms with Gasteiger partial charge in [-0.2, -0.15) is 5.10 Å². The summed E-state index contributed by atoms with van der Waals surface area (Å²) in [6.45, 7) is 7.97. The van der Waals surface area contributed by atoms with Crippen LogP contribution in [0.4, 0.5) is 0 Å². The Morgan fingerprint density at radius 1 is 1.18 bits per heavy atom. The van der Waals surface area contributed by atoms with Crippen LogP contribution in [0.1, 0.15) is 36.8 Å². The van der Waals surface area contributed by atoms with Crippen LogP contribution < -0.4 is 4.74 Å². The zero-order chi connectivity index (χ0) is 20.5. The number of esters is 1. The van der Waals surface area contributed by atoms with Gasteiger partial charge in [-0.15, -0.1) is 0 Å². The van der Waals surface area contributed by atoms with Crippen LogP contribution in [0.3, 0.4) is 0 Å². The molecule has 1 aromatic heterocycles. The summed E-state index contributed by atoms with van der Waals surface area (Å²) in [5, 5.41) is 5.32. The molecule has 3 aromatic rings. The third kappa shape index (κ3) is 4.80. The van der Waals surface area contributed by atoms with Crippen LogP contribution in [-0.2, 0) is 5.54 Å². The number of halogens is 2. The number of benzene rings is 2. The van der Waals surface area contributed by atoms with E-state index in [9.17, 15) is 4.79 Å². The van der Waals surface area contributed by atoms with E-state index in [2.05, 4.69) is 21.0 Å². The van der Waals surface area contributed by atoms with E-state index in [1.54, 1.807) is 22.9 Å². The molecule has 0 radical (unpaired) electrons. The molecule has 7 heteroatoms. The summed E-state index contributed by atoms with van der Waals surface area (Å²) in [5.74, 6) is 0.0135. The first kappa shape index (κ1) is 21.0. The fourth-order valence-electron chi connectivity index (χ4n) is 2.54. The highest BCUT2D eigenvalue weighted by Crippen LogP contribution is 2.40. The number of carbonyl (C=O) groups is 1. The summed E-state index contributed by atoms with van der Waals surface area (Å²) in [4.78, 5) is 14.6. The number of hydrogen-bond acceptors (Lipinski definition) is 4. The van der Waals surface area contributed by atoms with Gasteiger partial charge < -0.3 is 4.74 Å². The van der Waals surface area contributed by atoms with Crippen molar-refractivity contribution >= 4 is 45.3 Å². The Morgan fingerprint density at radius 3 is 2.46 bits per heavy atom. The molecule has 3 rings (SSSR count). The minimum Gasteiger partial charge on any atom is -0.403 e. The van der Waals surface area contributed by atoms with Crippen LogP contribution in [0, 0.1) is 6.92 Å². The summed E-state index contributed by atoms with van der Waals surface area (Å²) in [5.41, 5.74) is 0.916. The summed E-state index contributed by atoms with van der Waals surface area (Å²) in [6.07, 6.45) is 0. The number of aryl methyl sites for hydroxylation is 1. The molecule has 0 saturated carbocycles. The van der Waals surface area contributed by atoms with Gasteiger partial charge in [-0.1, -0.05) is 45.4 Å². The van der Waals surface area contributed by atoms with Crippen LogP contribution in [0.2, 0.25) is 5.02 Å².